The van der Waals surface area contributed by atoms with Crippen LogP contribution in [-0.2, 0) is 11.8 Å². The van der Waals surface area contributed by atoms with Crippen LogP contribution < -0.4 is 25.6 Å². The molecular weight excluding hydrogens is 729 g/mol. The number of para-hydroxylation sites is 4. The summed E-state index contributed by atoms with van der Waals surface area (Å²) in [6.45, 7) is 4.86. The third kappa shape index (κ3) is 3.60. The lowest BCUT2D eigenvalue weighted by Crippen LogP contribution is -2.44. The van der Waals surface area contributed by atoms with E-state index in [0.717, 1.165) is 12.8 Å². The molecule has 4 heteroatoms. The van der Waals surface area contributed by atoms with Crippen LogP contribution in [0.3, 0.4) is 0 Å². The van der Waals surface area contributed by atoms with Gasteiger partial charge in [-0.3, -0.25) is 0 Å². The van der Waals surface area contributed by atoms with E-state index in [9.17, 15) is 0 Å². The second-order valence-corrected chi connectivity index (χ2v) is 18.2. The van der Waals surface area contributed by atoms with Crippen molar-refractivity contribution in [3.8, 4) is 0 Å². The normalized spacial score (nSPS) is 22.3. The van der Waals surface area contributed by atoms with Crippen LogP contribution >= 0.6 is 0 Å². The Morgan fingerprint density at radius 2 is 1.38 bits per heavy atom. The maximum absolute atomic E-state index is 2.66. The molecule has 0 spiro atoms. The largest absolute Gasteiger partial charge is 0.333 e. The molecule has 2 aliphatic heterocycles. The summed E-state index contributed by atoms with van der Waals surface area (Å²) < 4.78 is 5.28. The lowest BCUT2D eigenvalue weighted by atomic mass is 9.74. The number of anilines is 4. The van der Waals surface area contributed by atoms with Crippen LogP contribution in [0.25, 0.3) is 72.2 Å². The Kier molecular flexibility index (Phi) is 5.72. The van der Waals surface area contributed by atoms with Crippen LogP contribution in [0.4, 0.5) is 22.7 Å². The molecule has 10 aromatic rings. The van der Waals surface area contributed by atoms with Gasteiger partial charge in [-0.15, -0.1) is 0 Å². The van der Waals surface area contributed by atoms with E-state index in [4.69, 9.17) is 0 Å². The first-order valence-corrected chi connectivity index (χ1v) is 21.7. The van der Waals surface area contributed by atoms with Crippen molar-refractivity contribution in [1.29, 1.82) is 0 Å². The highest BCUT2D eigenvalue weighted by Crippen LogP contribution is 2.56. The number of nitrogens with zero attached hydrogens (tertiary/aromatic N) is 4. The standard InChI is InChI=1S/C56H40N4/c1-32-28-40-39-31-47-38(30-48(39)59-44-24-23-43-50(51(44)41(29-32)55(40)59)36-18-9-10-21-42(36)57(43)33-14-5-3-6-15-33)35-19-13-20-37-52-45(60(47)54(35)37)25-26-46-53(52)56(2)27-12-11-22-49(56)58(46)34-16-7-4-8-17-34/h3-22,24-27,29-32,43,49H,23,28H2,1-2H3. The third-order valence-electron chi connectivity index (χ3n) is 15.2. The van der Waals surface area contributed by atoms with Crippen molar-refractivity contribution in [2.75, 3.05) is 9.80 Å². The molecule has 4 unspecified atom stereocenters. The predicted octanol–water partition coefficient (Wildman–Crippen LogP) is 10.7. The molecular formula is C56H40N4. The molecule has 4 nitrogen and oxygen atoms in total. The molecule has 0 saturated carbocycles. The first-order chi connectivity index (χ1) is 29.6. The first kappa shape index (κ1) is 31.9. The van der Waals surface area contributed by atoms with Crippen molar-refractivity contribution in [3.63, 3.8) is 0 Å². The van der Waals surface area contributed by atoms with E-state index in [1.54, 1.807) is 0 Å². The van der Waals surface area contributed by atoms with E-state index in [-0.39, 0.29) is 17.5 Å². The summed E-state index contributed by atoms with van der Waals surface area (Å²) in [5.41, 5.74) is 17.5. The van der Waals surface area contributed by atoms with Gasteiger partial charge in [0, 0.05) is 71.1 Å². The average Bonchev–Trinajstić information content (AvgIpc) is 4.10. The van der Waals surface area contributed by atoms with Gasteiger partial charge in [-0.05, 0) is 97.0 Å². The number of allylic oxidation sites excluding steroid dienone is 2. The Hall–Kier alpha value is -7.04. The van der Waals surface area contributed by atoms with E-state index in [1.165, 1.54) is 115 Å². The maximum Gasteiger partial charge on any atom is 0.0655 e. The second kappa shape index (κ2) is 10.8. The second-order valence-electron chi connectivity index (χ2n) is 18.2. The van der Waals surface area contributed by atoms with Gasteiger partial charge in [0.15, 0.2) is 0 Å². The first-order valence-electron chi connectivity index (χ1n) is 21.7. The third-order valence-corrected chi connectivity index (χ3v) is 15.2. The Bertz CT molecular complexity index is 3830. The molecule has 15 rings (SSSR count). The zero-order valence-corrected chi connectivity index (χ0v) is 33.5. The molecule has 60 heavy (non-hydrogen) atoms. The summed E-state index contributed by atoms with van der Waals surface area (Å²) >= 11 is 0. The molecule has 0 bridgehead atoms. The van der Waals surface area contributed by atoms with Crippen molar-refractivity contribution in [1.82, 2.24) is 8.80 Å². The number of benzene rings is 6. The zero-order chi connectivity index (χ0) is 39.2. The monoisotopic (exact) mass is 768 g/mol. The van der Waals surface area contributed by atoms with Crippen molar-refractivity contribution in [2.24, 2.45) is 5.92 Å². The topological polar surface area (TPSA) is 15.3 Å². The molecule has 4 aromatic heterocycles. The van der Waals surface area contributed by atoms with Crippen LogP contribution in [0.15, 0.2) is 152 Å². The lowest BCUT2D eigenvalue weighted by molar-refractivity contribution is 0.554. The molecule has 6 aromatic carbocycles. The van der Waals surface area contributed by atoms with Gasteiger partial charge >= 0.3 is 0 Å². The van der Waals surface area contributed by atoms with Crippen LogP contribution in [0.5, 0.6) is 0 Å². The quantitative estimate of drug-likeness (QED) is 0.174. The van der Waals surface area contributed by atoms with E-state index < -0.39 is 0 Å². The van der Waals surface area contributed by atoms with Crippen LogP contribution in [-0.4, -0.2) is 20.9 Å². The number of hydrogen-bond donors (Lipinski definition) is 0. The molecule has 0 N–H and O–H groups in total. The fraction of sp³-hybridized carbons (Fsp3) is 0.143. The molecule has 284 valence electrons. The van der Waals surface area contributed by atoms with Gasteiger partial charge < -0.3 is 18.6 Å². The van der Waals surface area contributed by atoms with Crippen molar-refractivity contribution in [3.05, 3.63) is 184 Å². The Balaban J connectivity index is 1.04. The molecule has 4 atom stereocenters. The summed E-state index contributed by atoms with van der Waals surface area (Å²) in [6.07, 6.45) is 16.5. The molecule has 0 fully saturated rings. The van der Waals surface area contributed by atoms with Gasteiger partial charge in [0.05, 0.1) is 45.0 Å². The van der Waals surface area contributed by atoms with Crippen molar-refractivity contribution < 1.29 is 0 Å². The number of rotatable bonds is 2. The Morgan fingerprint density at radius 1 is 0.633 bits per heavy atom. The SMILES string of the molecule is CC1C=c2c3c(n4c2c(c2cc5c(cc24)c2cccc4c6c7c(ccc6n5c24)N(c2ccccc2)C2C=CC=CC72C)C1)=CCC1C=3c2ccccc2N1c1ccccc1. The smallest absolute Gasteiger partial charge is 0.0655 e. The Labute approximate surface area is 346 Å². The van der Waals surface area contributed by atoms with E-state index >= 15 is 0 Å². The predicted molar refractivity (Wildman–Crippen MR) is 250 cm³/mol. The maximum atomic E-state index is 2.66. The highest BCUT2D eigenvalue weighted by molar-refractivity contribution is 6.26. The van der Waals surface area contributed by atoms with Gasteiger partial charge in [0.1, 0.15) is 0 Å². The van der Waals surface area contributed by atoms with Gasteiger partial charge in [0.2, 0.25) is 0 Å². The summed E-state index contributed by atoms with van der Waals surface area (Å²) in [4.78, 5) is 5.16. The van der Waals surface area contributed by atoms with Gasteiger partial charge in [-0.1, -0.05) is 116 Å². The van der Waals surface area contributed by atoms with Crippen LogP contribution in [0.2, 0.25) is 0 Å². The average molecular weight is 769 g/mol. The van der Waals surface area contributed by atoms with Gasteiger partial charge in [0.25, 0.3) is 0 Å². The van der Waals surface area contributed by atoms with E-state index in [1.807, 2.05) is 0 Å². The van der Waals surface area contributed by atoms with Gasteiger partial charge in [-0.25, -0.2) is 0 Å². The zero-order valence-electron chi connectivity index (χ0n) is 33.5. The van der Waals surface area contributed by atoms with Crippen molar-refractivity contribution in [2.45, 2.75) is 44.2 Å². The van der Waals surface area contributed by atoms with Gasteiger partial charge in [-0.2, -0.15) is 0 Å². The molecule has 6 heterocycles. The fourth-order valence-electron chi connectivity index (χ4n) is 12.9. The number of hydrogen-bond acceptors (Lipinski definition) is 2. The van der Waals surface area contributed by atoms with E-state index in [0.29, 0.717) is 5.92 Å². The van der Waals surface area contributed by atoms with Crippen molar-refractivity contribution >= 4 is 95.0 Å². The lowest BCUT2D eigenvalue weighted by Gasteiger charge is -2.34. The van der Waals surface area contributed by atoms with E-state index in [2.05, 4.69) is 196 Å². The Morgan fingerprint density at radius 3 is 2.23 bits per heavy atom. The summed E-state index contributed by atoms with van der Waals surface area (Å²) in [7, 11) is 0. The molecule has 3 aliphatic carbocycles. The molecule has 0 saturated heterocycles. The summed E-state index contributed by atoms with van der Waals surface area (Å²) in [5.74, 6) is 0.437. The highest BCUT2D eigenvalue weighted by atomic mass is 15.2. The minimum atomic E-state index is -0.177. The van der Waals surface area contributed by atoms with Crippen LogP contribution in [0.1, 0.15) is 37.0 Å². The summed E-state index contributed by atoms with van der Waals surface area (Å²) in [6, 6.07) is 48.5. The number of fused-ring (bicyclic) bond motifs is 19. The highest BCUT2D eigenvalue weighted by Gasteiger charge is 2.48. The van der Waals surface area contributed by atoms with Crippen LogP contribution in [0, 0.1) is 5.92 Å². The molecule has 5 aliphatic rings. The molecule has 0 radical (unpaired) electrons. The minimum Gasteiger partial charge on any atom is -0.333 e. The summed E-state index contributed by atoms with van der Waals surface area (Å²) in [5, 5.41) is 11.1. The number of aromatic nitrogens is 2. The fourth-order valence-corrected chi connectivity index (χ4v) is 12.9. The molecule has 0 amide bonds. The minimum absolute atomic E-state index is 0.177.